The number of rotatable bonds is 8. The van der Waals surface area contributed by atoms with E-state index in [1.807, 2.05) is 30.9 Å². The van der Waals surface area contributed by atoms with Crippen molar-refractivity contribution < 1.29 is 13.2 Å². The lowest BCUT2D eigenvalue weighted by molar-refractivity contribution is -0.131. The van der Waals surface area contributed by atoms with E-state index < -0.39 is 10.0 Å². The van der Waals surface area contributed by atoms with E-state index in [0.29, 0.717) is 24.5 Å². The number of likely N-dealkylation sites (tertiary alicyclic amines) is 1. The van der Waals surface area contributed by atoms with E-state index >= 15 is 0 Å². The zero-order valence-corrected chi connectivity index (χ0v) is 19.4. The van der Waals surface area contributed by atoms with Crippen LogP contribution in [0.2, 0.25) is 0 Å². The number of carbonyl (C=O) groups excluding carboxylic acids is 1. The predicted octanol–water partition coefficient (Wildman–Crippen LogP) is 1.60. The van der Waals surface area contributed by atoms with E-state index in [9.17, 15) is 13.2 Å². The van der Waals surface area contributed by atoms with Crippen LogP contribution in [0.5, 0.6) is 0 Å². The number of aryl methyl sites for hydroxylation is 2. The SMILES string of the molecule is CCN1CCCC1CN(CCC(=O)N1CCNCC1)S(=O)(=O)c1cc(C)ccc1C. The van der Waals surface area contributed by atoms with Crippen molar-refractivity contribution in [1.29, 1.82) is 0 Å². The molecule has 2 heterocycles. The summed E-state index contributed by atoms with van der Waals surface area (Å²) in [6.07, 6.45) is 2.32. The fourth-order valence-electron chi connectivity index (χ4n) is 4.48. The Morgan fingerprint density at radius 1 is 1.20 bits per heavy atom. The van der Waals surface area contributed by atoms with Crippen LogP contribution >= 0.6 is 0 Å². The van der Waals surface area contributed by atoms with Crippen LogP contribution in [0.25, 0.3) is 0 Å². The third-order valence-electron chi connectivity index (χ3n) is 6.33. The second-order valence-corrected chi connectivity index (χ2v) is 10.3. The first-order chi connectivity index (χ1) is 14.3. The number of hydrogen-bond acceptors (Lipinski definition) is 5. The molecule has 0 saturated carbocycles. The lowest BCUT2D eigenvalue weighted by Gasteiger charge is -2.31. The summed E-state index contributed by atoms with van der Waals surface area (Å²) in [5.74, 6) is 0.0384. The molecule has 8 heteroatoms. The Labute approximate surface area is 181 Å². The fourth-order valence-corrected chi connectivity index (χ4v) is 6.27. The minimum absolute atomic E-state index is 0.0384. The summed E-state index contributed by atoms with van der Waals surface area (Å²) >= 11 is 0. The number of nitrogens with zero attached hydrogens (tertiary/aromatic N) is 3. The van der Waals surface area contributed by atoms with Gasteiger partial charge in [-0.3, -0.25) is 9.69 Å². The fraction of sp³-hybridized carbons (Fsp3) is 0.682. The molecule has 1 amide bonds. The van der Waals surface area contributed by atoms with Crippen LogP contribution in [-0.2, 0) is 14.8 Å². The maximum atomic E-state index is 13.6. The summed E-state index contributed by atoms with van der Waals surface area (Å²) < 4.78 is 28.9. The van der Waals surface area contributed by atoms with Crippen molar-refractivity contribution in [1.82, 2.24) is 19.4 Å². The van der Waals surface area contributed by atoms with Gasteiger partial charge in [-0.1, -0.05) is 19.1 Å². The maximum absolute atomic E-state index is 13.6. The van der Waals surface area contributed by atoms with Crippen molar-refractivity contribution >= 4 is 15.9 Å². The average molecular weight is 437 g/mol. The Bertz CT molecular complexity index is 837. The first-order valence-corrected chi connectivity index (χ1v) is 12.6. The molecule has 0 spiro atoms. The van der Waals surface area contributed by atoms with Gasteiger partial charge in [-0.05, 0) is 57.0 Å². The quantitative estimate of drug-likeness (QED) is 0.670. The summed E-state index contributed by atoms with van der Waals surface area (Å²) in [5, 5.41) is 3.25. The van der Waals surface area contributed by atoms with Gasteiger partial charge >= 0.3 is 0 Å². The molecule has 1 atom stereocenters. The van der Waals surface area contributed by atoms with Crippen LogP contribution in [0.15, 0.2) is 23.1 Å². The van der Waals surface area contributed by atoms with Gasteiger partial charge in [0.05, 0.1) is 4.90 Å². The van der Waals surface area contributed by atoms with E-state index in [0.717, 1.165) is 50.1 Å². The maximum Gasteiger partial charge on any atom is 0.243 e. The third kappa shape index (κ3) is 5.41. The molecule has 2 aliphatic rings. The van der Waals surface area contributed by atoms with Crippen molar-refractivity contribution in [2.24, 2.45) is 0 Å². The molecular weight excluding hydrogens is 400 g/mol. The van der Waals surface area contributed by atoms with E-state index in [-0.39, 0.29) is 24.9 Å². The second-order valence-electron chi connectivity index (χ2n) is 8.44. The molecule has 0 bridgehead atoms. The highest BCUT2D eigenvalue weighted by Crippen LogP contribution is 2.25. The first-order valence-electron chi connectivity index (χ1n) is 11.1. The van der Waals surface area contributed by atoms with Gasteiger partial charge in [0.15, 0.2) is 0 Å². The second kappa shape index (κ2) is 10.2. The van der Waals surface area contributed by atoms with Crippen LogP contribution in [0.1, 0.15) is 37.3 Å². The molecule has 7 nitrogen and oxygen atoms in total. The molecule has 1 aromatic carbocycles. The molecule has 2 saturated heterocycles. The van der Waals surface area contributed by atoms with Gasteiger partial charge in [0, 0.05) is 51.7 Å². The lowest BCUT2D eigenvalue weighted by Crippen LogP contribution is -2.48. The summed E-state index contributed by atoms with van der Waals surface area (Å²) in [5.41, 5.74) is 1.67. The van der Waals surface area contributed by atoms with Gasteiger partial charge in [0.25, 0.3) is 0 Å². The number of amides is 1. The number of sulfonamides is 1. The number of nitrogens with one attached hydrogen (secondary N) is 1. The van der Waals surface area contributed by atoms with Crippen LogP contribution in [0, 0.1) is 13.8 Å². The largest absolute Gasteiger partial charge is 0.340 e. The normalized spacial score (nSPS) is 20.8. The van der Waals surface area contributed by atoms with Gasteiger partial charge in [-0.25, -0.2) is 8.42 Å². The Morgan fingerprint density at radius 3 is 2.63 bits per heavy atom. The van der Waals surface area contributed by atoms with Gasteiger partial charge in [-0.15, -0.1) is 0 Å². The Kier molecular flexibility index (Phi) is 7.90. The summed E-state index contributed by atoms with van der Waals surface area (Å²) in [4.78, 5) is 17.3. The third-order valence-corrected chi connectivity index (χ3v) is 8.33. The van der Waals surface area contributed by atoms with Crippen LogP contribution in [-0.4, -0.2) is 86.8 Å². The van der Waals surface area contributed by atoms with Crippen molar-refractivity contribution in [3.63, 3.8) is 0 Å². The van der Waals surface area contributed by atoms with Gasteiger partial charge < -0.3 is 10.2 Å². The molecule has 3 rings (SSSR count). The summed E-state index contributed by atoms with van der Waals surface area (Å²) in [7, 11) is -3.68. The van der Waals surface area contributed by atoms with Crippen molar-refractivity contribution in [3.05, 3.63) is 29.3 Å². The highest BCUT2D eigenvalue weighted by Gasteiger charge is 2.33. The van der Waals surface area contributed by atoms with E-state index in [1.54, 1.807) is 10.4 Å². The smallest absolute Gasteiger partial charge is 0.243 e. The topological polar surface area (TPSA) is 73.0 Å². The lowest BCUT2D eigenvalue weighted by atomic mass is 10.2. The molecule has 168 valence electrons. The monoisotopic (exact) mass is 436 g/mol. The first kappa shape index (κ1) is 23.2. The molecule has 1 unspecified atom stereocenters. The zero-order valence-electron chi connectivity index (χ0n) is 18.6. The van der Waals surface area contributed by atoms with Crippen molar-refractivity contribution in [2.75, 3.05) is 52.4 Å². The summed E-state index contributed by atoms with van der Waals surface area (Å²) in [6, 6.07) is 5.76. The molecule has 0 radical (unpaired) electrons. The molecular formula is C22H36N4O3S. The van der Waals surface area contributed by atoms with Gasteiger partial charge in [0.2, 0.25) is 15.9 Å². The Balaban J connectivity index is 1.81. The molecule has 1 aromatic rings. The highest BCUT2D eigenvalue weighted by molar-refractivity contribution is 7.89. The van der Waals surface area contributed by atoms with Crippen LogP contribution in [0.3, 0.4) is 0 Å². The zero-order chi connectivity index (χ0) is 21.7. The van der Waals surface area contributed by atoms with Crippen LogP contribution in [0.4, 0.5) is 0 Å². The minimum Gasteiger partial charge on any atom is -0.340 e. The Hall–Kier alpha value is -1.48. The molecule has 30 heavy (non-hydrogen) atoms. The predicted molar refractivity (Wildman–Crippen MR) is 119 cm³/mol. The van der Waals surface area contributed by atoms with E-state index in [2.05, 4.69) is 17.1 Å². The summed E-state index contributed by atoms with van der Waals surface area (Å²) in [6.45, 7) is 11.4. The van der Waals surface area contributed by atoms with E-state index in [1.165, 1.54) is 0 Å². The van der Waals surface area contributed by atoms with Crippen molar-refractivity contribution in [3.8, 4) is 0 Å². The molecule has 1 N–H and O–H groups in total. The average Bonchev–Trinajstić information content (AvgIpc) is 3.20. The van der Waals surface area contributed by atoms with Crippen LogP contribution < -0.4 is 5.32 Å². The van der Waals surface area contributed by atoms with Gasteiger partial charge in [0.1, 0.15) is 0 Å². The van der Waals surface area contributed by atoms with Crippen molar-refractivity contribution in [2.45, 2.75) is 51.0 Å². The standard InChI is InChI=1S/C22H36N4O3S/c1-4-24-12-5-6-20(24)17-26(13-9-22(27)25-14-10-23-11-15-25)30(28,29)21-16-18(2)7-8-19(21)3/h7-8,16,20,23H,4-6,9-15,17H2,1-3H3. The number of carbonyl (C=O) groups is 1. The highest BCUT2D eigenvalue weighted by atomic mass is 32.2. The number of piperazine rings is 1. The molecule has 0 aromatic heterocycles. The molecule has 2 aliphatic heterocycles. The molecule has 0 aliphatic carbocycles. The molecule has 2 fully saturated rings. The minimum atomic E-state index is -3.68. The van der Waals surface area contributed by atoms with Gasteiger partial charge in [-0.2, -0.15) is 4.31 Å². The van der Waals surface area contributed by atoms with E-state index in [4.69, 9.17) is 0 Å². The number of benzene rings is 1. The number of likely N-dealkylation sites (N-methyl/N-ethyl adjacent to an activating group) is 1. The Morgan fingerprint density at radius 2 is 1.93 bits per heavy atom. The number of hydrogen-bond donors (Lipinski definition) is 1.